The zero-order valence-corrected chi connectivity index (χ0v) is 19.4. The van der Waals surface area contributed by atoms with Crippen LogP contribution in [0.15, 0.2) is 41.0 Å². The van der Waals surface area contributed by atoms with Gasteiger partial charge >= 0.3 is 0 Å². The smallest absolute Gasteiger partial charge is 0.245 e. The number of ether oxygens (including phenoxy) is 3. The number of furan rings is 1. The van der Waals surface area contributed by atoms with E-state index in [9.17, 15) is 9.59 Å². The van der Waals surface area contributed by atoms with Crippen molar-refractivity contribution in [1.82, 2.24) is 15.1 Å². The molecule has 0 radical (unpaired) electrons. The lowest BCUT2D eigenvalue weighted by atomic mass is 9.98. The summed E-state index contributed by atoms with van der Waals surface area (Å²) >= 11 is 1.21. The van der Waals surface area contributed by atoms with Crippen LogP contribution >= 0.6 is 11.3 Å². The highest BCUT2D eigenvalue weighted by Crippen LogP contribution is 2.36. The van der Waals surface area contributed by atoms with Gasteiger partial charge in [-0.2, -0.15) is 0 Å². The summed E-state index contributed by atoms with van der Waals surface area (Å²) in [5.41, 5.74) is 0.971. The second-order valence-corrected chi connectivity index (χ2v) is 9.10. The van der Waals surface area contributed by atoms with Gasteiger partial charge in [-0.1, -0.05) is 17.4 Å². The molecule has 2 aliphatic heterocycles. The van der Waals surface area contributed by atoms with E-state index < -0.39 is 0 Å². The molecule has 5 rings (SSSR count). The second kappa shape index (κ2) is 9.82. The first-order valence-electron chi connectivity index (χ1n) is 11.0. The zero-order chi connectivity index (χ0) is 23.5. The van der Waals surface area contributed by atoms with E-state index in [1.807, 2.05) is 18.2 Å². The van der Waals surface area contributed by atoms with Crippen molar-refractivity contribution in [1.29, 1.82) is 0 Å². The maximum Gasteiger partial charge on any atom is 0.245 e. The largest absolute Gasteiger partial charge is 0.493 e. The van der Waals surface area contributed by atoms with E-state index in [0.29, 0.717) is 53.6 Å². The summed E-state index contributed by atoms with van der Waals surface area (Å²) in [6.07, 6.45) is 2.69. The molecular weight excluding hydrogens is 460 g/mol. The summed E-state index contributed by atoms with van der Waals surface area (Å²) in [5.74, 6) is 1.43. The molecule has 2 atom stereocenters. The first kappa shape index (κ1) is 22.4. The van der Waals surface area contributed by atoms with Crippen LogP contribution in [0.25, 0.3) is 10.8 Å². The average Bonchev–Trinajstić information content (AvgIpc) is 3.63. The van der Waals surface area contributed by atoms with Crippen molar-refractivity contribution in [3.05, 3.63) is 42.2 Å². The van der Waals surface area contributed by atoms with Crippen LogP contribution < -0.4 is 14.8 Å². The Labute approximate surface area is 199 Å². The van der Waals surface area contributed by atoms with Gasteiger partial charge in [0.25, 0.3) is 0 Å². The monoisotopic (exact) mass is 484 g/mol. The highest BCUT2D eigenvalue weighted by atomic mass is 32.1. The van der Waals surface area contributed by atoms with E-state index in [-0.39, 0.29) is 30.4 Å². The molecule has 0 spiro atoms. The molecule has 10 nitrogen and oxygen atoms in total. The molecule has 1 N–H and O–H groups in total. The number of nitrogens with one attached hydrogen (secondary N) is 1. The summed E-state index contributed by atoms with van der Waals surface area (Å²) < 4.78 is 22.2. The number of methoxy groups -OCH3 is 1. The normalized spacial score (nSPS) is 20.0. The van der Waals surface area contributed by atoms with Crippen LogP contribution in [0.5, 0.6) is 11.5 Å². The molecule has 178 valence electrons. The van der Waals surface area contributed by atoms with Crippen LogP contribution in [0.2, 0.25) is 0 Å². The highest BCUT2D eigenvalue weighted by Gasteiger charge is 2.32. The molecule has 0 unspecified atom stereocenters. The number of benzene rings is 1. The van der Waals surface area contributed by atoms with E-state index in [4.69, 9.17) is 18.6 Å². The summed E-state index contributed by atoms with van der Waals surface area (Å²) in [5, 5.41) is 11.6. The van der Waals surface area contributed by atoms with Crippen molar-refractivity contribution in [3.8, 4) is 22.3 Å². The molecule has 2 amide bonds. The van der Waals surface area contributed by atoms with Gasteiger partial charge in [0.05, 0.1) is 33.1 Å². The summed E-state index contributed by atoms with van der Waals surface area (Å²) in [7, 11) is 1.60. The van der Waals surface area contributed by atoms with Gasteiger partial charge in [0.2, 0.25) is 16.9 Å². The number of hydrogen-bond acceptors (Lipinski definition) is 9. The van der Waals surface area contributed by atoms with E-state index in [2.05, 4.69) is 15.5 Å². The highest BCUT2D eigenvalue weighted by molar-refractivity contribution is 7.18. The lowest BCUT2D eigenvalue weighted by Gasteiger charge is -2.18. The molecule has 2 aromatic heterocycles. The summed E-state index contributed by atoms with van der Waals surface area (Å²) in [6.45, 7) is 1.63. The Balaban J connectivity index is 1.21. The number of carbonyl (C=O) groups excluding carboxylic acids is 2. The van der Waals surface area contributed by atoms with Gasteiger partial charge in [-0.25, -0.2) is 0 Å². The Morgan fingerprint density at radius 2 is 2.21 bits per heavy atom. The van der Waals surface area contributed by atoms with Gasteiger partial charge in [-0.15, -0.1) is 10.2 Å². The summed E-state index contributed by atoms with van der Waals surface area (Å²) in [6, 6.07) is 9.25. The van der Waals surface area contributed by atoms with Crippen LogP contribution in [0.4, 0.5) is 5.13 Å². The van der Waals surface area contributed by atoms with Gasteiger partial charge < -0.3 is 23.5 Å². The van der Waals surface area contributed by atoms with E-state index in [1.165, 1.54) is 11.3 Å². The van der Waals surface area contributed by atoms with Crippen molar-refractivity contribution in [3.63, 3.8) is 0 Å². The van der Waals surface area contributed by atoms with Crippen LogP contribution in [0.1, 0.15) is 24.3 Å². The fraction of sp³-hybridized carbons (Fsp3) is 0.391. The maximum absolute atomic E-state index is 12.6. The molecule has 1 aromatic carbocycles. The second-order valence-electron chi connectivity index (χ2n) is 8.13. The van der Waals surface area contributed by atoms with Crippen molar-refractivity contribution in [2.45, 2.75) is 24.9 Å². The quantitative estimate of drug-likeness (QED) is 0.519. The van der Waals surface area contributed by atoms with Gasteiger partial charge in [-0.05, 0) is 29.8 Å². The number of likely N-dealkylation sites (tertiary alicyclic amines) is 1. The third-order valence-electron chi connectivity index (χ3n) is 5.79. The molecule has 4 heterocycles. The number of carbonyl (C=O) groups is 2. The molecule has 0 aliphatic carbocycles. The van der Waals surface area contributed by atoms with Crippen molar-refractivity contribution >= 4 is 28.3 Å². The number of hydrogen-bond donors (Lipinski definition) is 1. The standard InChI is InChI=1S/C23H24N4O6S/c1-30-17-5-4-14(9-19(17)33-16-6-8-31-13-16)15-10-21(29)27(11-15)12-20(28)24-23-26-25-22(34-23)18-3-2-7-32-18/h2-5,7,9,15-16H,6,8,10-13H2,1H3,(H,24,26,28)/t15-,16-/m1/s1. The van der Waals surface area contributed by atoms with Crippen molar-refractivity contribution < 1.29 is 28.2 Å². The Bertz CT molecular complexity index is 1160. The van der Waals surface area contributed by atoms with Gasteiger partial charge in [-0.3, -0.25) is 14.9 Å². The van der Waals surface area contributed by atoms with Crippen LogP contribution in [-0.2, 0) is 14.3 Å². The van der Waals surface area contributed by atoms with Gasteiger partial charge in [0.15, 0.2) is 22.3 Å². The molecule has 2 aliphatic rings. The zero-order valence-electron chi connectivity index (χ0n) is 18.6. The first-order chi connectivity index (χ1) is 16.6. The number of aromatic nitrogens is 2. The molecular formula is C23H24N4O6S. The fourth-order valence-corrected chi connectivity index (χ4v) is 4.81. The fourth-order valence-electron chi connectivity index (χ4n) is 4.08. The molecule has 0 saturated carbocycles. The van der Waals surface area contributed by atoms with Crippen LogP contribution in [0, 0.1) is 0 Å². The minimum atomic E-state index is -0.323. The van der Waals surface area contributed by atoms with Crippen molar-refractivity contribution in [2.75, 3.05) is 38.7 Å². The predicted molar refractivity (Wildman–Crippen MR) is 123 cm³/mol. The topological polar surface area (TPSA) is 116 Å². The van der Waals surface area contributed by atoms with Crippen LogP contribution in [0.3, 0.4) is 0 Å². The van der Waals surface area contributed by atoms with E-state index >= 15 is 0 Å². The predicted octanol–water partition coefficient (Wildman–Crippen LogP) is 2.93. The average molecular weight is 485 g/mol. The van der Waals surface area contributed by atoms with Gasteiger partial charge in [0.1, 0.15) is 6.10 Å². The van der Waals surface area contributed by atoms with E-state index in [1.54, 1.807) is 30.4 Å². The first-order valence-corrected chi connectivity index (χ1v) is 11.8. The number of rotatable bonds is 8. The third-order valence-corrected chi connectivity index (χ3v) is 6.65. The Kier molecular flexibility index (Phi) is 6.45. The maximum atomic E-state index is 12.6. The third kappa shape index (κ3) is 4.90. The minimum Gasteiger partial charge on any atom is -0.493 e. The lowest BCUT2D eigenvalue weighted by molar-refractivity contribution is -0.131. The van der Waals surface area contributed by atoms with E-state index in [0.717, 1.165) is 12.0 Å². The number of nitrogens with zero attached hydrogens (tertiary/aromatic N) is 3. The minimum absolute atomic E-state index is 0.0109. The Hall–Kier alpha value is -3.44. The molecule has 2 saturated heterocycles. The lowest BCUT2D eigenvalue weighted by Crippen LogP contribution is -2.34. The molecule has 0 bridgehead atoms. The number of anilines is 1. The molecule has 3 aromatic rings. The molecule has 34 heavy (non-hydrogen) atoms. The van der Waals surface area contributed by atoms with Crippen LogP contribution in [-0.4, -0.2) is 66.4 Å². The van der Waals surface area contributed by atoms with Crippen molar-refractivity contribution in [2.24, 2.45) is 0 Å². The Morgan fingerprint density at radius 3 is 2.97 bits per heavy atom. The number of amides is 2. The molecule has 2 fully saturated rings. The Morgan fingerprint density at radius 1 is 1.29 bits per heavy atom. The molecule has 11 heteroatoms. The SMILES string of the molecule is COc1ccc([C@@H]2CC(=O)N(CC(=O)Nc3nnc(-c4ccco4)s3)C2)cc1O[C@@H]1CCOC1. The van der Waals surface area contributed by atoms with Gasteiger partial charge in [0, 0.05) is 25.3 Å². The summed E-state index contributed by atoms with van der Waals surface area (Å²) in [4.78, 5) is 26.7.